The molecule has 124 valence electrons. The van der Waals surface area contributed by atoms with E-state index >= 15 is 0 Å². The number of hydrogen-bond acceptors (Lipinski definition) is 3. The molecule has 0 aliphatic carbocycles. The zero-order valence-electron chi connectivity index (χ0n) is 13.8. The SMILES string of the molecule is CC(NCc1ccn(-c2ccccc2)n1)C(O)Cc1ccccc1. The van der Waals surface area contributed by atoms with Crippen LogP contribution in [0.3, 0.4) is 0 Å². The van der Waals surface area contributed by atoms with Gasteiger partial charge in [-0.1, -0.05) is 48.5 Å². The molecule has 0 fully saturated rings. The quantitative estimate of drug-likeness (QED) is 0.703. The number of para-hydroxylation sites is 1. The van der Waals surface area contributed by atoms with E-state index in [4.69, 9.17) is 0 Å². The van der Waals surface area contributed by atoms with Gasteiger partial charge < -0.3 is 10.4 Å². The van der Waals surface area contributed by atoms with Gasteiger partial charge in [0.15, 0.2) is 0 Å². The molecule has 0 saturated carbocycles. The molecule has 4 nitrogen and oxygen atoms in total. The van der Waals surface area contributed by atoms with E-state index in [9.17, 15) is 5.11 Å². The van der Waals surface area contributed by atoms with Crippen LogP contribution in [0.15, 0.2) is 72.9 Å². The Morgan fingerprint density at radius 1 is 1.00 bits per heavy atom. The summed E-state index contributed by atoms with van der Waals surface area (Å²) >= 11 is 0. The fourth-order valence-electron chi connectivity index (χ4n) is 2.61. The monoisotopic (exact) mass is 321 g/mol. The molecule has 4 heteroatoms. The van der Waals surface area contributed by atoms with Crippen molar-refractivity contribution in [3.05, 3.63) is 84.2 Å². The van der Waals surface area contributed by atoms with Crippen molar-refractivity contribution in [2.75, 3.05) is 0 Å². The van der Waals surface area contributed by atoms with Crippen molar-refractivity contribution in [1.29, 1.82) is 0 Å². The maximum atomic E-state index is 10.3. The molecule has 2 atom stereocenters. The highest BCUT2D eigenvalue weighted by molar-refractivity contribution is 5.30. The first-order valence-corrected chi connectivity index (χ1v) is 8.28. The first-order valence-electron chi connectivity index (χ1n) is 8.28. The van der Waals surface area contributed by atoms with Gasteiger partial charge in [0.25, 0.3) is 0 Å². The largest absolute Gasteiger partial charge is 0.391 e. The van der Waals surface area contributed by atoms with E-state index in [0.717, 1.165) is 16.9 Å². The lowest BCUT2D eigenvalue weighted by Crippen LogP contribution is -2.38. The van der Waals surface area contributed by atoms with Crippen LogP contribution in [0.1, 0.15) is 18.2 Å². The lowest BCUT2D eigenvalue weighted by molar-refractivity contribution is 0.133. The number of aliphatic hydroxyl groups is 1. The summed E-state index contributed by atoms with van der Waals surface area (Å²) in [6.07, 6.45) is 2.17. The third kappa shape index (κ3) is 4.31. The number of hydrogen-bond donors (Lipinski definition) is 2. The second kappa shape index (κ2) is 7.90. The zero-order valence-corrected chi connectivity index (χ0v) is 13.8. The smallest absolute Gasteiger partial charge is 0.0766 e. The average Bonchev–Trinajstić information content (AvgIpc) is 3.10. The van der Waals surface area contributed by atoms with E-state index in [-0.39, 0.29) is 6.04 Å². The number of aliphatic hydroxyl groups excluding tert-OH is 1. The van der Waals surface area contributed by atoms with Crippen LogP contribution >= 0.6 is 0 Å². The molecule has 2 aromatic carbocycles. The Morgan fingerprint density at radius 3 is 2.38 bits per heavy atom. The maximum Gasteiger partial charge on any atom is 0.0766 e. The van der Waals surface area contributed by atoms with Crippen LogP contribution in [0.4, 0.5) is 0 Å². The number of aromatic nitrogens is 2. The summed E-state index contributed by atoms with van der Waals surface area (Å²) in [4.78, 5) is 0. The van der Waals surface area contributed by atoms with Gasteiger partial charge >= 0.3 is 0 Å². The molecule has 3 rings (SSSR count). The minimum Gasteiger partial charge on any atom is -0.391 e. The van der Waals surface area contributed by atoms with E-state index in [1.165, 1.54) is 0 Å². The molecule has 24 heavy (non-hydrogen) atoms. The summed E-state index contributed by atoms with van der Waals surface area (Å²) in [5.74, 6) is 0. The highest BCUT2D eigenvalue weighted by Gasteiger charge is 2.14. The number of benzene rings is 2. The van der Waals surface area contributed by atoms with E-state index in [0.29, 0.717) is 13.0 Å². The van der Waals surface area contributed by atoms with E-state index < -0.39 is 6.10 Å². The standard InChI is InChI=1S/C20H23N3O/c1-16(20(24)14-17-8-4-2-5-9-17)21-15-18-12-13-23(22-18)19-10-6-3-7-11-19/h2-13,16,20-21,24H,14-15H2,1H3. The third-order valence-corrected chi connectivity index (χ3v) is 4.14. The van der Waals surface area contributed by atoms with Crippen molar-refractivity contribution in [2.24, 2.45) is 0 Å². The maximum absolute atomic E-state index is 10.3. The van der Waals surface area contributed by atoms with Gasteiger partial charge in [-0.05, 0) is 37.1 Å². The molecule has 0 saturated heterocycles. The van der Waals surface area contributed by atoms with E-state index in [1.54, 1.807) is 0 Å². The Labute approximate surface area is 142 Å². The Kier molecular flexibility index (Phi) is 5.41. The van der Waals surface area contributed by atoms with Crippen molar-refractivity contribution < 1.29 is 5.11 Å². The predicted molar refractivity (Wildman–Crippen MR) is 96.0 cm³/mol. The fraction of sp³-hybridized carbons (Fsp3) is 0.250. The number of rotatable bonds is 7. The molecule has 0 aliphatic rings. The molecule has 0 radical (unpaired) electrons. The van der Waals surface area contributed by atoms with Gasteiger partial charge in [0.2, 0.25) is 0 Å². The minimum atomic E-state index is -0.427. The van der Waals surface area contributed by atoms with E-state index in [1.807, 2.05) is 84.5 Å². The summed E-state index contributed by atoms with van der Waals surface area (Å²) < 4.78 is 1.86. The van der Waals surface area contributed by atoms with Gasteiger partial charge in [0.05, 0.1) is 17.5 Å². The van der Waals surface area contributed by atoms with Gasteiger partial charge in [-0.25, -0.2) is 4.68 Å². The van der Waals surface area contributed by atoms with E-state index in [2.05, 4.69) is 10.4 Å². The van der Waals surface area contributed by atoms with Crippen LogP contribution < -0.4 is 5.32 Å². The molecule has 1 heterocycles. The van der Waals surface area contributed by atoms with Crippen molar-refractivity contribution in [2.45, 2.75) is 32.0 Å². The average molecular weight is 321 g/mol. The molecule has 0 bridgehead atoms. The van der Waals surface area contributed by atoms with Crippen LogP contribution in [0, 0.1) is 0 Å². The third-order valence-electron chi connectivity index (χ3n) is 4.14. The highest BCUT2D eigenvalue weighted by atomic mass is 16.3. The lowest BCUT2D eigenvalue weighted by Gasteiger charge is -2.20. The summed E-state index contributed by atoms with van der Waals surface area (Å²) in [6, 6.07) is 22.1. The zero-order chi connectivity index (χ0) is 16.8. The summed E-state index contributed by atoms with van der Waals surface area (Å²) in [6.45, 7) is 2.63. The Morgan fingerprint density at radius 2 is 1.67 bits per heavy atom. The Hall–Kier alpha value is -2.43. The van der Waals surface area contributed by atoms with Gasteiger partial charge in [0.1, 0.15) is 0 Å². The molecular formula is C20H23N3O. The topological polar surface area (TPSA) is 50.1 Å². The van der Waals surface area contributed by atoms with Gasteiger partial charge in [-0.2, -0.15) is 5.10 Å². The van der Waals surface area contributed by atoms with Crippen LogP contribution in [0.2, 0.25) is 0 Å². The first kappa shape index (κ1) is 16.4. The van der Waals surface area contributed by atoms with Gasteiger partial charge in [-0.3, -0.25) is 0 Å². The molecule has 3 aromatic rings. The molecular weight excluding hydrogens is 298 g/mol. The molecule has 1 aromatic heterocycles. The van der Waals surface area contributed by atoms with Crippen LogP contribution in [0.25, 0.3) is 5.69 Å². The lowest BCUT2D eigenvalue weighted by atomic mass is 10.0. The Bertz CT molecular complexity index is 740. The molecule has 2 N–H and O–H groups in total. The molecule has 0 spiro atoms. The minimum absolute atomic E-state index is 0.00733. The fourth-order valence-corrected chi connectivity index (χ4v) is 2.61. The van der Waals surface area contributed by atoms with Crippen molar-refractivity contribution in [3.8, 4) is 5.69 Å². The molecule has 0 amide bonds. The van der Waals surface area contributed by atoms with Crippen LogP contribution in [-0.2, 0) is 13.0 Å². The van der Waals surface area contributed by atoms with Crippen LogP contribution in [-0.4, -0.2) is 27.0 Å². The van der Waals surface area contributed by atoms with Crippen molar-refractivity contribution in [1.82, 2.24) is 15.1 Å². The second-order valence-electron chi connectivity index (χ2n) is 6.01. The first-order chi connectivity index (χ1) is 11.7. The summed E-state index contributed by atoms with van der Waals surface area (Å²) in [5.41, 5.74) is 3.14. The number of nitrogens with zero attached hydrogens (tertiary/aromatic N) is 2. The summed E-state index contributed by atoms with van der Waals surface area (Å²) in [7, 11) is 0. The molecule has 2 unspecified atom stereocenters. The van der Waals surface area contributed by atoms with Crippen molar-refractivity contribution >= 4 is 0 Å². The second-order valence-corrected chi connectivity index (χ2v) is 6.01. The Balaban J connectivity index is 1.53. The highest BCUT2D eigenvalue weighted by Crippen LogP contribution is 2.09. The van der Waals surface area contributed by atoms with Crippen molar-refractivity contribution in [3.63, 3.8) is 0 Å². The summed E-state index contributed by atoms with van der Waals surface area (Å²) in [5, 5.41) is 18.3. The van der Waals surface area contributed by atoms with Gasteiger partial charge in [-0.15, -0.1) is 0 Å². The number of nitrogens with one attached hydrogen (secondary N) is 1. The molecule has 0 aliphatic heterocycles. The van der Waals surface area contributed by atoms with Gasteiger partial charge in [0, 0.05) is 18.8 Å². The predicted octanol–water partition coefficient (Wildman–Crippen LogP) is 2.95. The van der Waals surface area contributed by atoms with Crippen LogP contribution in [0.5, 0.6) is 0 Å². The normalized spacial score (nSPS) is 13.6.